The van der Waals surface area contributed by atoms with E-state index in [9.17, 15) is 18.8 Å². The molecule has 0 aromatic heterocycles. The van der Waals surface area contributed by atoms with Crippen LogP contribution in [0.1, 0.15) is 37.2 Å². The first kappa shape index (κ1) is 28.4. The Morgan fingerprint density at radius 1 is 0.875 bits per heavy atom. The quantitative estimate of drug-likeness (QED) is 0.525. The van der Waals surface area contributed by atoms with Gasteiger partial charge in [-0.1, -0.05) is 23.7 Å². The molecule has 0 saturated carbocycles. The Kier molecular flexibility index (Phi) is 8.90. The summed E-state index contributed by atoms with van der Waals surface area (Å²) in [5.41, 5.74) is 0.975. The molecule has 0 N–H and O–H groups in total. The lowest BCUT2D eigenvalue weighted by molar-refractivity contribution is -0.144. The molecule has 0 aliphatic carbocycles. The first-order valence-electron chi connectivity index (χ1n) is 13.9. The van der Waals surface area contributed by atoms with Crippen LogP contribution in [0.3, 0.4) is 0 Å². The van der Waals surface area contributed by atoms with E-state index in [-0.39, 0.29) is 41.4 Å². The number of nitrogens with zero attached hydrogens (tertiary/aromatic N) is 3. The van der Waals surface area contributed by atoms with Gasteiger partial charge in [0, 0.05) is 69.2 Å². The number of likely N-dealkylation sites (N-methyl/N-ethyl adjacent to an activating group) is 1. The Morgan fingerprint density at radius 3 is 2.12 bits per heavy atom. The minimum Gasteiger partial charge on any atom is -0.410 e. The summed E-state index contributed by atoms with van der Waals surface area (Å²) in [6, 6.07) is 12.4. The van der Waals surface area contributed by atoms with Crippen LogP contribution in [-0.4, -0.2) is 85.1 Å². The highest BCUT2D eigenvalue weighted by atomic mass is 35.5. The number of hydrogen-bond acceptors (Lipinski definition) is 5. The fraction of sp³-hybridized carbons (Fsp3) is 0.500. The number of carbonyl (C=O) groups excluding carboxylic acids is 3. The SMILES string of the molecule is CN(C(=O)Oc1ccc(F)cc1)[C@@H]1CN(C(=O)C2CCN(C(=O)C3CCOCC3)CC2)C[C@H]1c1ccc(Cl)cc1. The van der Waals surface area contributed by atoms with E-state index >= 15 is 0 Å². The summed E-state index contributed by atoms with van der Waals surface area (Å²) < 4.78 is 24.2. The van der Waals surface area contributed by atoms with E-state index in [0.717, 1.165) is 18.4 Å². The molecule has 40 heavy (non-hydrogen) atoms. The molecular formula is C30H35ClFN3O5. The maximum absolute atomic E-state index is 13.7. The zero-order valence-corrected chi connectivity index (χ0v) is 23.4. The largest absolute Gasteiger partial charge is 0.415 e. The van der Waals surface area contributed by atoms with Gasteiger partial charge in [-0.15, -0.1) is 0 Å². The highest BCUT2D eigenvalue weighted by molar-refractivity contribution is 6.30. The second-order valence-corrected chi connectivity index (χ2v) is 11.3. The molecule has 2 aromatic carbocycles. The van der Waals surface area contributed by atoms with Gasteiger partial charge >= 0.3 is 6.09 Å². The van der Waals surface area contributed by atoms with Crippen molar-refractivity contribution in [1.82, 2.24) is 14.7 Å². The molecule has 2 aromatic rings. The smallest absolute Gasteiger partial charge is 0.410 e. The van der Waals surface area contributed by atoms with Gasteiger partial charge in [-0.2, -0.15) is 0 Å². The van der Waals surface area contributed by atoms with Crippen LogP contribution in [0.4, 0.5) is 9.18 Å². The second-order valence-electron chi connectivity index (χ2n) is 10.9. The molecule has 214 valence electrons. The van der Waals surface area contributed by atoms with Crippen molar-refractivity contribution < 1.29 is 28.2 Å². The zero-order chi connectivity index (χ0) is 28.2. The minimum atomic E-state index is -0.579. The molecule has 5 rings (SSSR count). The van der Waals surface area contributed by atoms with Gasteiger partial charge in [0.25, 0.3) is 0 Å². The fourth-order valence-electron chi connectivity index (χ4n) is 6.02. The van der Waals surface area contributed by atoms with Crippen LogP contribution in [-0.2, 0) is 14.3 Å². The van der Waals surface area contributed by atoms with Gasteiger partial charge in [-0.25, -0.2) is 9.18 Å². The number of halogens is 2. The number of likely N-dealkylation sites (tertiary alicyclic amines) is 2. The van der Waals surface area contributed by atoms with Crippen molar-refractivity contribution >= 4 is 29.5 Å². The van der Waals surface area contributed by atoms with Crippen molar-refractivity contribution in [3.05, 3.63) is 64.9 Å². The molecule has 0 bridgehead atoms. The number of benzene rings is 2. The maximum atomic E-state index is 13.7. The number of ether oxygens (including phenoxy) is 2. The average molecular weight is 572 g/mol. The molecule has 3 saturated heterocycles. The molecule has 3 amide bonds. The van der Waals surface area contributed by atoms with Gasteiger partial charge in [-0.05, 0) is 67.6 Å². The Hall–Kier alpha value is -3.17. The van der Waals surface area contributed by atoms with Gasteiger partial charge < -0.3 is 24.2 Å². The first-order valence-corrected chi connectivity index (χ1v) is 14.3. The van der Waals surface area contributed by atoms with E-state index in [0.29, 0.717) is 57.3 Å². The third-order valence-electron chi connectivity index (χ3n) is 8.43. The van der Waals surface area contributed by atoms with Crippen LogP contribution in [0.25, 0.3) is 0 Å². The third-order valence-corrected chi connectivity index (χ3v) is 8.68. The van der Waals surface area contributed by atoms with Crippen molar-refractivity contribution in [1.29, 1.82) is 0 Å². The molecule has 0 radical (unpaired) electrons. The predicted molar refractivity (Wildman–Crippen MR) is 148 cm³/mol. The van der Waals surface area contributed by atoms with Crippen molar-refractivity contribution in [2.75, 3.05) is 46.4 Å². The summed E-state index contributed by atoms with van der Waals surface area (Å²) in [6.07, 6.45) is 2.20. The molecule has 0 spiro atoms. The average Bonchev–Trinajstić information content (AvgIpc) is 3.43. The van der Waals surface area contributed by atoms with Crippen LogP contribution in [0.5, 0.6) is 5.75 Å². The standard InChI is InChI=1S/C30H35ClFN3O5/c1-33(30(38)40-25-8-6-24(32)7-9-25)27-19-35(18-26(27)20-2-4-23(31)5-3-20)29(37)21-10-14-34(15-11-21)28(36)22-12-16-39-17-13-22/h2-9,21-22,26-27H,10-19H2,1H3/t26-,27+/m0/s1. The van der Waals surface area contributed by atoms with Gasteiger partial charge in [0.2, 0.25) is 11.8 Å². The normalized spacial score (nSPS) is 22.3. The summed E-state index contributed by atoms with van der Waals surface area (Å²) in [5.74, 6) is -0.221. The van der Waals surface area contributed by atoms with Crippen molar-refractivity contribution in [3.63, 3.8) is 0 Å². The lowest BCUT2D eigenvalue weighted by Gasteiger charge is -2.36. The number of hydrogen-bond donors (Lipinski definition) is 0. The van der Waals surface area contributed by atoms with Gasteiger partial charge in [0.05, 0.1) is 6.04 Å². The van der Waals surface area contributed by atoms with E-state index in [4.69, 9.17) is 21.1 Å². The number of amides is 3. The van der Waals surface area contributed by atoms with Gasteiger partial charge in [-0.3, -0.25) is 9.59 Å². The third kappa shape index (κ3) is 6.41. The summed E-state index contributed by atoms with van der Waals surface area (Å²) >= 11 is 6.12. The van der Waals surface area contributed by atoms with E-state index < -0.39 is 11.9 Å². The summed E-state index contributed by atoms with van der Waals surface area (Å²) in [5, 5.41) is 0.609. The highest BCUT2D eigenvalue weighted by Crippen LogP contribution is 2.34. The van der Waals surface area contributed by atoms with Crippen LogP contribution in [0.2, 0.25) is 5.02 Å². The predicted octanol–water partition coefficient (Wildman–Crippen LogP) is 4.57. The Morgan fingerprint density at radius 2 is 1.48 bits per heavy atom. The minimum absolute atomic E-state index is 0.0191. The van der Waals surface area contributed by atoms with Crippen molar-refractivity contribution in [2.24, 2.45) is 11.8 Å². The summed E-state index contributed by atoms with van der Waals surface area (Å²) in [6.45, 7) is 3.23. The lowest BCUT2D eigenvalue weighted by atomic mass is 9.92. The number of carbonyl (C=O) groups is 3. The maximum Gasteiger partial charge on any atom is 0.415 e. The number of rotatable bonds is 5. The fourth-order valence-corrected chi connectivity index (χ4v) is 6.14. The molecule has 8 nitrogen and oxygen atoms in total. The molecular weight excluding hydrogens is 537 g/mol. The second kappa shape index (κ2) is 12.6. The molecule has 2 atom stereocenters. The van der Waals surface area contributed by atoms with Gasteiger partial charge in [0.1, 0.15) is 11.6 Å². The van der Waals surface area contributed by atoms with E-state index in [1.165, 1.54) is 29.2 Å². The van der Waals surface area contributed by atoms with Crippen LogP contribution in [0, 0.1) is 17.7 Å². The van der Waals surface area contributed by atoms with Crippen molar-refractivity contribution in [3.8, 4) is 5.75 Å². The van der Waals surface area contributed by atoms with Crippen LogP contribution < -0.4 is 4.74 Å². The first-order chi connectivity index (χ1) is 19.3. The van der Waals surface area contributed by atoms with Crippen LogP contribution in [0.15, 0.2) is 48.5 Å². The van der Waals surface area contributed by atoms with E-state index in [1.54, 1.807) is 19.2 Å². The monoisotopic (exact) mass is 571 g/mol. The lowest BCUT2D eigenvalue weighted by Crippen LogP contribution is -2.47. The van der Waals surface area contributed by atoms with Gasteiger partial charge in [0.15, 0.2) is 0 Å². The zero-order valence-electron chi connectivity index (χ0n) is 22.6. The van der Waals surface area contributed by atoms with E-state index in [1.807, 2.05) is 21.9 Å². The Bertz CT molecular complexity index is 1200. The summed E-state index contributed by atoms with van der Waals surface area (Å²) in [7, 11) is 1.66. The Labute approximate surface area is 238 Å². The molecule has 3 aliphatic rings. The molecule has 3 heterocycles. The molecule has 3 fully saturated rings. The highest BCUT2D eigenvalue weighted by Gasteiger charge is 2.43. The number of piperidine rings is 1. The molecule has 0 unspecified atom stereocenters. The topological polar surface area (TPSA) is 79.4 Å². The summed E-state index contributed by atoms with van der Waals surface area (Å²) in [4.78, 5) is 44.9. The molecule has 10 heteroatoms. The Balaban J connectivity index is 1.25. The van der Waals surface area contributed by atoms with Crippen molar-refractivity contribution in [2.45, 2.75) is 37.6 Å². The van der Waals surface area contributed by atoms with Crippen LogP contribution >= 0.6 is 11.6 Å². The van der Waals surface area contributed by atoms with E-state index in [2.05, 4.69) is 0 Å². The molecule has 3 aliphatic heterocycles.